The van der Waals surface area contributed by atoms with E-state index in [0.717, 1.165) is 19.4 Å². The van der Waals surface area contributed by atoms with Crippen molar-refractivity contribution in [3.8, 4) is 0 Å². The van der Waals surface area contributed by atoms with Gasteiger partial charge in [-0.1, -0.05) is 0 Å². The number of anilines is 1. The average Bonchev–Trinajstić information content (AvgIpc) is 2.30. The van der Waals surface area contributed by atoms with Crippen molar-refractivity contribution in [2.24, 2.45) is 5.92 Å². The summed E-state index contributed by atoms with van der Waals surface area (Å²) in [5.41, 5.74) is 0. The van der Waals surface area contributed by atoms with E-state index >= 15 is 0 Å². The zero-order valence-corrected chi connectivity index (χ0v) is 8.33. The third kappa shape index (κ3) is 2.23. The van der Waals surface area contributed by atoms with Gasteiger partial charge in [-0.15, -0.1) is 0 Å². The molecule has 1 N–H and O–H groups in total. The lowest BCUT2D eigenvalue weighted by molar-refractivity contribution is -0.141. The van der Waals surface area contributed by atoms with Crippen molar-refractivity contribution in [3.05, 3.63) is 18.5 Å². The molecule has 1 atom stereocenters. The number of nitrogens with zero attached hydrogens (tertiary/aromatic N) is 3. The molecule has 0 unspecified atom stereocenters. The predicted molar refractivity (Wildman–Crippen MR) is 54.6 cm³/mol. The third-order valence-electron chi connectivity index (χ3n) is 2.61. The largest absolute Gasteiger partial charge is 0.481 e. The quantitative estimate of drug-likeness (QED) is 0.776. The summed E-state index contributed by atoms with van der Waals surface area (Å²) in [4.78, 5) is 21.0. The van der Waals surface area contributed by atoms with Gasteiger partial charge in [0.15, 0.2) is 0 Å². The molecule has 1 aromatic heterocycles. The number of carboxylic acids is 1. The number of piperidine rings is 1. The molecule has 15 heavy (non-hydrogen) atoms. The second-order valence-electron chi connectivity index (χ2n) is 3.67. The van der Waals surface area contributed by atoms with Gasteiger partial charge >= 0.3 is 5.97 Å². The Bertz CT molecular complexity index is 342. The van der Waals surface area contributed by atoms with Crippen molar-refractivity contribution in [2.75, 3.05) is 18.0 Å². The fourth-order valence-electron chi connectivity index (χ4n) is 1.81. The van der Waals surface area contributed by atoms with Gasteiger partial charge in [-0.3, -0.25) is 4.79 Å². The Morgan fingerprint density at radius 1 is 1.47 bits per heavy atom. The normalized spacial score (nSPS) is 21.3. The van der Waals surface area contributed by atoms with Crippen molar-refractivity contribution in [2.45, 2.75) is 12.8 Å². The van der Waals surface area contributed by atoms with Crippen LogP contribution in [0.25, 0.3) is 0 Å². The molecular formula is C10H13N3O2. The first-order valence-electron chi connectivity index (χ1n) is 5.02. The maximum absolute atomic E-state index is 10.9. The summed E-state index contributed by atoms with van der Waals surface area (Å²) in [6.45, 7) is 1.35. The highest BCUT2D eigenvalue weighted by Crippen LogP contribution is 2.19. The molecule has 0 spiro atoms. The highest BCUT2D eigenvalue weighted by molar-refractivity contribution is 5.71. The van der Waals surface area contributed by atoms with Crippen LogP contribution in [0.15, 0.2) is 18.5 Å². The minimum absolute atomic E-state index is 0.289. The maximum Gasteiger partial charge on any atom is 0.308 e. The van der Waals surface area contributed by atoms with Crippen molar-refractivity contribution < 1.29 is 9.90 Å². The molecule has 0 amide bonds. The first-order chi connectivity index (χ1) is 7.27. The molecule has 80 valence electrons. The van der Waals surface area contributed by atoms with Crippen LogP contribution in [0.2, 0.25) is 0 Å². The Morgan fingerprint density at radius 3 is 2.87 bits per heavy atom. The molecule has 2 heterocycles. The second-order valence-corrected chi connectivity index (χ2v) is 3.67. The summed E-state index contributed by atoms with van der Waals surface area (Å²) in [5, 5.41) is 8.94. The Morgan fingerprint density at radius 2 is 2.20 bits per heavy atom. The average molecular weight is 207 g/mol. The van der Waals surface area contributed by atoms with E-state index in [-0.39, 0.29) is 5.92 Å². The number of aromatic nitrogens is 2. The van der Waals surface area contributed by atoms with Gasteiger partial charge in [-0.05, 0) is 18.9 Å². The van der Waals surface area contributed by atoms with E-state index in [1.165, 1.54) is 0 Å². The second kappa shape index (κ2) is 4.25. The molecule has 5 heteroatoms. The fourth-order valence-corrected chi connectivity index (χ4v) is 1.81. The number of hydrogen-bond donors (Lipinski definition) is 1. The van der Waals surface area contributed by atoms with Crippen LogP contribution >= 0.6 is 0 Å². The molecule has 1 saturated heterocycles. The SMILES string of the molecule is O=C(O)[C@H]1CCCN(c2ncccn2)C1. The molecule has 0 bridgehead atoms. The van der Waals surface area contributed by atoms with Gasteiger partial charge in [0.25, 0.3) is 0 Å². The lowest BCUT2D eigenvalue weighted by Crippen LogP contribution is -2.39. The predicted octanol–water partition coefficient (Wildman–Crippen LogP) is 0.778. The van der Waals surface area contributed by atoms with Crippen LogP contribution in [0.1, 0.15) is 12.8 Å². The molecule has 1 fully saturated rings. The number of hydrogen-bond acceptors (Lipinski definition) is 4. The van der Waals surface area contributed by atoms with Crippen LogP contribution in [-0.2, 0) is 4.79 Å². The molecule has 5 nitrogen and oxygen atoms in total. The first-order valence-corrected chi connectivity index (χ1v) is 5.02. The highest BCUT2D eigenvalue weighted by Gasteiger charge is 2.26. The van der Waals surface area contributed by atoms with Crippen molar-refractivity contribution in [3.63, 3.8) is 0 Å². The molecule has 0 aromatic carbocycles. The van der Waals surface area contributed by atoms with E-state index in [9.17, 15) is 4.79 Å². The van der Waals surface area contributed by atoms with Gasteiger partial charge in [0.1, 0.15) is 0 Å². The third-order valence-corrected chi connectivity index (χ3v) is 2.61. The first kappa shape index (κ1) is 9.89. The zero-order chi connectivity index (χ0) is 10.7. The summed E-state index contributed by atoms with van der Waals surface area (Å²) in [6, 6.07) is 1.75. The van der Waals surface area contributed by atoms with Crippen LogP contribution in [0, 0.1) is 5.92 Å². The summed E-state index contributed by atoms with van der Waals surface area (Å²) < 4.78 is 0. The van der Waals surface area contributed by atoms with Crippen LogP contribution in [-0.4, -0.2) is 34.1 Å². The standard InChI is InChI=1S/C10H13N3O2/c14-9(15)8-3-1-6-13(7-8)10-11-4-2-5-12-10/h2,4-5,8H,1,3,6-7H2,(H,14,15)/t8-/m0/s1. The minimum atomic E-state index is -0.726. The van der Waals surface area contributed by atoms with Crippen molar-refractivity contribution >= 4 is 11.9 Å². The van der Waals surface area contributed by atoms with Crippen LogP contribution in [0.4, 0.5) is 5.95 Å². The molecule has 1 aliphatic heterocycles. The Balaban J connectivity index is 2.08. The lowest BCUT2D eigenvalue weighted by Gasteiger charge is -2.30. The summed E-state index contributed by atoms with van der Waals surface area (Å²) >= 11 is 0. The summed E-state index contributed by atoms with van der Waals surface area (Å²) in [7, 11) is 0. The molecule has 0 radical (unpaired) electrons. The Hall–Kier alpha value is -1.65. The zero-order valence-electron chi connectivity index (χ0n) is 8.33. The van der Waals surface area contributed by atoms with Gasteiger partial charge in [-0.2, -0.15) is 0 Å². The van der Waals surface area contributed by atoms with Crippen LogP contribution in [0.5, 0.6) is 0 Å². The van der Waals surface area contributed by atoms with Gasteiger partial charge in [0.05, 0.1) is 5.92 Å². The Labute approximate surface area is 87.8 Å². The van der Waals surface area contributed by atoms with Gasteiger partial charge in [-0.25, -0.2) is 9.97 Å². The van der Waals surface area contributed by atoms with Crippen LogP contribution < -0.4 is 4.90 Å². The van der Waals surface area contributed by atoms with Crippen molar-refractivity contribution in [1.82, 2.24) is 9.97 Å². The smallest absolute Gasteiger partial charge is 0.308 e. The topological polar surface area (TPSA) is 66.3 Å². The number of rotatable bonds is 2. The molecule has 0 aliphatic carbocycles. The van der Waals surface area contributed by atoms with Gasteiger partial charge in [0, 0.05) is 25.5 Å². The molecular weight excluding hydrogens is 194 g/mol. The van der Waals surface area contributed by atoms with E-state index in [0.29, 0.717) is 12.5 Å². The number of aliphatic carboxylic acids is 1. The Kier molecular flexibility index (Phi) is 2.80. The molecule has 0 saturated carbocycles. The summed E-state index contributed by atoms with van der Waals surface area (Å²) in [6.07, 6.45) is 4.98. The minimum Gasteiger partial charge on any atom is -0.481 e. The molecule has 1 aromatic rings. The van der Waals surface area contributed by atoms with E-state index < -0.39 is 5.97 Å². The van der Waals surface area contributed by atoms with Crippen molar-refractivity contribution in [1.29, 1.82) is 0 Å². The van der Waals surface area contributed by atoms with E-state index in [4.69, 9.17) is 5.11 Å². The monoisotopic (exact) mass is 207 g/mol. The number of carbonyl (C=O) groups is 1. The van der Waals surface area contributed by atoms with E-state index in [1.807, 2.05) is 4.90 Å². The molecule has 1 aliphatic rings. The van der Waals surface area contributed by atoms with Gasteiger partial charge in [0.2, 0.25) is 5.95 Å². The fraction of sp³-hybridized carbons (Fsp3) is 0.500. The van der Waals surface area contributed by atoms with E-state index in [1.54, 1.807) is 18.5 Å². The number of carboxylic acid groups (broad SMARTS) is 1. The van der Waals surface area contributed by atoms with Crippen LogP contribution in [0.3, 0.4) is 0 Å². The maximum atomic E-state index is 10.9. The summed E-state index contributed by atoms with van der Waals surface area (Å²) in [5.74, 6) is -0.387. The lowest BCUT2D eigenvalue weighted by atomic mass is 9.99. The van der Waals surface area contributed by atoms with E-state index in [2.05, 4.69) is 9.97 Å². The highest BCUT2D eigenvalue weighted by atomic mass is 16.4. The molecule has 2 rings (SSSR count). The van der Waals surface area contributed by atoms with Gasteiger partial charge < -0.3 is 10.0 Å².